The Bertz CT molecular complexity index is 401. The van der Waals surface area contributed by atoms with Crippen molar-refractivity contribution in [1.29, 1.82) is 0 Å². The standard InChI is InChI=1S/C14H20BrClN2/c1-10-4-3-5-11(2)18(10)17-9-12-8-13(15)6-7-14(12)16/h6-8,10-11,17H,3-5,9H2,1-2H3. The molecule has 0 amide bonds. The van der Waals surface area contributed by atoms with E-state index in [9.17, 15) is 0 Å². The molecule has 1 fully saturated rings. The fourth-order valence-electron chi connectivity index (χ4n) is 2.59. The zero-order chi connectivity index (χ0) is 13.1. The average molecular weight is 332 g/mol. The molecule has 0 bridgehead atoms. The van der Waals surface area contributed by atoms with Gasteiger partial charge in [-0.15, -0.1) is 0 Å². The Morgan fingerprint density at radius 1 is 1.33 bits per heavy atom. The normalized spacial score (nSPS) is 25.3. The van der Waals surface area contributed by atoms with Gasteiger partial charge < -0.3 is 0 Å². The van der Waals surface area contributed by atoms with Gasteiger partial charge in [0.2, 0.25) is 0 Å². The van der Waals surface area contributed by atoms with E-state index in [1.54, 1.807) is 0 Å². The SMILES string of the molecule is CC1CCCC(C)N1NCc1cc(Br)ccc1Cl. The van der Waals surface area contributed by atoms with Crippen molar-refractivity contribution in [3.05, 3.63) is 33.3 Å². The smallest absolute Gasteiger partial charge is 0.0452 e. The second kappa shape index (κ2) is 6.38. The van der Waals surface area contributed by atoms with Crippen molar-refractivity contribution < 1.29 is 0 Å². The summed E-state index contributed by atoms with van der Waals surface area (Å²) in [5.74, 6) is 0. The van der Waals surface area contributed by atoms with Crippen LogP contribution in [0.4, 0.5) is 0 Å². The minimum atomic E-state index is 0.597. The largest absolute Gasteiger partial charge is 0.250 e. The van der Waals surface area contributed by atoms with Crippen molar-refractivity contribution in [3.63, 3.8) is 0 Å². The lowest BCUT2D eigenvalue weighted by Gasteiger charge is -2.39. The summed E-state index contributed by atoms with van der Waals surface area (Å²) >= 11 is 9.69. The lowest BCUT2D eigenvalue weighted by atomic mass is 10.00. The molecule has 1 aliphatic heterocycles. The highest BCUT2D eigenvalue weighted by Gasteiger charge is 2.24. The number of rotatable bonds is 3. The first-order valence-corrected chi connectivity index (χ1v) is 7.71. The molecule has 1 heterocycles. The maximum absolute atomic E-state index is 6.21. The van der Waals surface area contributed by atoms with Crippen molar-refractivity contribution in [2.75, 3.05) is 0 Å². The van der Waals surface area contributed by atoms with Gasteiger partial charge in [-0.1, -0.05) is 34.0 Å². The number of halogens is 2. The molecular formula is C14H20BrClN2. The minimum Gasteiger partial charge on any atom is -0.250 e. The molecular weight excluding hydrogens is 312 g/mol. The van der Waals surface area contributed by atoms with E-state index in [-0.39, 0.29) is 0 Å². The maximum atomic E-state index is 6.21. The van der Waals surface area contributed by atoms with E-state index in [1.165, 1.54) is 19.3 Å². The third-order valence-corrected chi connectivity index (χ3v) is 4.52. The highest BCUT2D eigenvalue weighted by Crippen LogP contribution is 2.23. The minimum absolute atomic E-state index is 0.597. The van der Waals surface area contributed by atoms with Crippen molar-refractivity contribution in [3.8, 4) is 0 Å². The van der Waals surface area contributed by atoms with E-state index in [0.29, 0.717) is 12.1 Å². The summed E-state index contributed by atoms with van der Waals surface area (Å²) in [6.07, 6.45) is 3.87. The number of hydrazine groups is 1. The highest BCUT2D eigenvalue weighted by molar-refractivity contribution is 9.10. The summed E-state index contributed by atoms with van der Waals surface area (Å²) in [5, 5.41) is 3.20. The predicted octanol–water partition coefficient (Wildman–Crippen LogP) is 4.37. The number of hydrogen-bond acceptors (Lipinski definition) is 2. The van der Waals surface area contributed by atoms with Crippen LogP contribution in [-0.2, 0) is 6.54 Å². The first-order valence-electron chi connectivity index (χ1n) is 6.53. The highest BCUT2D eigenvalue weighted by atomic mass is 79.9. The fraction of sp³-hybridized carbons (Fsp3) is 0.571. The third-order valence-electron chi connectivity index (χ3n) is 3.65. The fourth-order valence-corrected chi connectivity index (χ4v) is 3.18. The van der Waals surface area contributed by atoms with Crippen LogP contribution in [0.25, 0.3) is 0 Å². The predicted molar refractivity (Wildman–Crippen MR) is 80.6 cm³/mol. The Kier molecular flexibility index (Phi) is 5.07. The van der Waals surface area contributed by atoms with Crippen LogP contribution in [0.3, 0.4) is 0 Å². The zero-order valence-corrected chi connectivity index (χ0v) is 13.3. The van der Waals surface area contributed by atoms with Gasteiger partial charge in [-0.05, 0) is 50.5 Å². The van der Waals surface area contributed by atoms with Crippen LogP contribution in [0.1, 0.15) is 38.7 Å². The molecule has 2 atom stereocenters. The Morgan fingerprint density at radius 3 is 2.67 bits per heavy atom. The number of benzene rings is 1. The molecule has 1 saturated heterocycles. The molecule has 2 unspecified atom stereocenters. The van der Waals surface area contributed by atoms with Crippen LogP contribution >= 0.6 is 27.5 Å². The second-order valence-electron chi connectivity index (χ2n) is 5.11. The second-order valence-corrected chi connectivity index (χ2v) is 6.43. The van der Waals surface area contributed by atoms with Gasteiger partial charge in [-0.3, -0.25) is 5.43 Å². The average Bonchev–Trinajstić information content (AvgIpc) is 2.33. The van der Waals surface area contributed by atoms with E-state index in [1.807, 2.05) is 12.1 Å². The summed E-state index contributed by atoms with van der Waals surface area (Å²) in [6.45, 7) is 5.35. The van der Waals surface area contributed by atoms with Gasteiger partial charge in [0.1, 0.15) is 0 Å². The Morgan fingerprint density at radius 2 is 2.00 bits per heavy atom. The number of piperidine rings is 1. The van der Waals surface area contributed by atoms with Crippen LogP contribution in [-0.4, -0.2) is 17.1 Å². The third kappa shape index (κ3) is 3.47. The van der Waals surface area contributed by atoms with Crippen LogP contribution in [0.2, 0.25) is 5.02 Å². The molecule has 0 radical (unpaired) electrons. The van der Waals surface area contributed by atoms with Gasteiger partial charge in [-0.2, -0.15) is 0 Å². The van der Waals surface area contributed by atoms with Crippen molar-refractivity contribution in [1.82, 2.24) is 10.4 Å². The molecule has 4 heteroatoms. The number of nitrogens with one attached hydrogen (secondary N) is 1. The van der Waals surface area contributed by atoms with Gasteiger partial charge in [-0.25, -0.2) is 5.01 Å². The van der Waals surface area contributed by atoms with Gasteiger partial charge in [0.05, 0.1) is 0 Å². The van der Waals surface area contributed by atoms with Gasteiger partial charge in [0.25, 0.3) is 0 Å². The topological polar surface area (TPSA) is 15.3 Å². The van der Waals surface area contributed by atoms with E-state index in [2.05, 4.69) is 46.3 Å². The molecule has 2 nitrogen and oxygen atoms in total. The Labute approximate surface area is 123 Å². The van der Waals surface area contributed by atoms with Gasteiger partial charge in [0.15, 0.2) is 0 Å². The molecule has 1 aliphatic rings. The zero-order valence-electron chi connectivity index (χ0n) is 10.9. The van der Waals surface area contributed by atoms with Crippen LogP contribution in [0.5, 0.6) is 0 Å². The van der Waals surface area contributed by atoms with E-state index < -0.39 is 0 Å². The Balaban J connectivity index is 1.99. The number of hydrogen-bond donors (Lipinski definition) is 1. The van der Waals surface area contributed by atoms with Gasteiger partial charge in [0, 0.05) is 28.1 Å². The van der Waals surface area contributed by atoms with Crippen molar-refractivity contribution >= 4 is 27.5 Å². The first kappa shape index (κ1) is 14.3. The monoisotopic (exact) mass is 330 g/mol. The molecule has 18 heavy (non-hydrogen) atoms. The summed E-state index contributed by atoms with van der Waals surface area (Å²) in [6, 6.07) is 7.18. The number of nitrogens with zero attached hydrogens (tertiary/aromatic N) is 1. The molecule has 0 aromatic heterocycles. The molecule has 0 spiro atoms. The Hall–Kier alpha value is -0.0900. The molecule has 2 rings (SSSR count). The van der Waals surface area contributed by atoms with E-state index >= 15 is 0 Å². The van der Waals surface area contributed by atoms with Crippen molar-refractivity contribution in [2.24, 2.45) is 0 Å². The summed E-state index contributed by atoms with van der Waals surface area (Å²) < 4.78 is 1.07. The molecule has 1 aromatic rings. The first-order chi connectivity index (χ1) is 8.58. The lowest BCUT2D eigenvalue weighted by Crippen LogP contribution is -2.51. The van der Waals surface area contributed by atoms with Crippen molar-refractivity contribution in [2.45, 2.75) is 51.7 Å². The lowest BCUT2D eigenvalue weighted by molar-refractivity contribution is 0.0435. The quantitative estimate of drug-likeness (QED) is 0.884. The maximum Gasteiger partial charge on any atom is 0.0452 e. The van der Waals surface area contributed by atoms with E-state index in [0.717, 1.165) is 21.6 Å². The van der Waals surface area contributed by atoms with E-state index in [4.69, 9.17) is 11.6 Å². The van der Waals surface area contributed by atoms with Crippen LogP contribution in [0.15, 0.2) is 22.7 Å². The van der Waals surface area contributed by atoms with Crippen LogP contribution in [0, 0.1) is 0 Å². The molecule has 100 valence electrons. The summed E-state index contributed by atoms with van der Waals surface area (Å²) in [5.41, 5.74) is 4.67. The molecule has 1 N–H and O–H groups in total. The van der Waals surface area contributed by atoms with Gasteiger partial charge >= 0.3 is 0 Å². The molecule has 0 aliphatic carbocycles. The van der Waals surface area contributed by atoms with Crippen LogP contribution < -0.4 is 5.43 Å². The molecule has 1 aromatic carbocycles. The summed E-state index contributed by atoms with van der Waals surface area (Å²) in [7, 11) is 0. The molecule has 0 saturated carbocycles. The summed E-state index contributed by atoms with van der Waals surface area (Å²) in [4.78, 5) is 0.